The van der Waals surface area contributed by atoms with Gasteiger partial charge in [0.25, 0.3) is 0 Å². The molecule has 0 amide bonds. The summed E-state index contributed by atoms with van der Waals surface area (Å²) in [6.45, 7) is 4.37. The standard InChI is InChI=1S/C16H26N2/c1-12-8-7-9-14(13(12)2)15(17)16(18(3)4)10-5-6-11-16/h7-9,15H,5-6,10-11,17H2,1-4H3. The lowest BCUT2D eigenvalue weighted by atomic mass is 9.81. The number of nitrogens with two attached hydrogens (primary N) is 1. The van der Waals surface area contributed by atoms with Gasteiger partial charge in [-0.25, -0.2) is 0 Å². The molecule has 0 spiro atoms. The molecule has 0 heterocycles. The number of likely N-dealkylation sites (N-methyl/N-ethyl adjacent to an activating group) is 1. The van der Waals surface area contributed by atoms with Crippen LogP contribution in [0.5, 0.6) is 0 Å². The van der Waals surface area contributed by atoms with Crippen molar-refractivity contribution in [3.63, 3.8) is 0 Å². The van der Waals surface area contributed by atoms with Crippen molar-refractivity contribution >= 4 is 0 Å². The van der Waals surface area contributed by atoms with Crippen LogP contribution in [0.3, 0.4) is 0 Å². The minimum absolute atomic E-state index is 0.120. The molecule has 2 nitrogen and oxygen atoms in total. The van der Waals surface area contributed by atoms with Crippen molar-refractivity contribution in [2.24, 2.45) is 5.73 Å². The van der Waals surface area contributed by atoms with Gasteiger partial charge in [0.1, 0.15) is 0 Å². The Kier molecular flexibility index (Phi) is 3.79. The second kappa shape index (κ2) is 5.02. The van der Waals surface area contributed by atoms with E-state index in [0.717, 1.165) is 0 Å². The van der Waals surface area contributed by atoms with Crippen LogP contribution in [0.4, 0.5) is 0 Å². The molecule has 1 aromatic carbocycles. The van der Waals surface area contributed by atoms with Crippen molar-refractivity contribution in [1.82, 2.24) is 4.90 Å². The normalized spacial score (nSPS) is 20.3. The number of rotatable bonds is 3. The first-order valence-electron chi connectivity index (χ1n) is 6.98. The molecule has 0 aromatic heterocycles. The van der Waals surface area contributed by atoms with Gasteiger partial charge in [0.05, 0.1) is 0 Å². The molecule has 18 heavy (non-hydrogen) atoms. The van der Waals surface area contributed by atoms with E-state index in [1.807, 2.05) is 0 Å². The fourth-order valence-corrected chi connectivity index (χ4v) is 3.42. The highest BCUT2D eigenvalue weighted by Crippen LogP contribution is 2.43. The van der Waals surface area contributed by atoms with Crippen LogP contribution in [0.1, 0.15) is 48.4 Å². The van der Waals surface area contributed by atoms with Crippen LogP contribution in [0.2, 0.25) is 0 Å². The van der Waals surface area contributed by atoms with E-state index in [2.05, 4.69) is 51.0 Å². The Balaban J connectivity index is 2.40. The Hall–Kier alpha value is -0.860. The fraction of sp³-hybridized carbons (Fsp3) is 0.625. The molecule has 1 aliphatic carbocycles. The molecule has 1 fully saturated rings. The van der Waals surface area contributed by atoms with Crippen LogP contribution >= 0.6 is 0 Å². The summed E-state index contributed by atoms with van der Waals surface area (Å²) >= 11 is 0. The Bertz CT molecular complexity index is 417. The number of nitrogens with zero attached hydrogens (tertiary/aromatic N) is 1. The van der Waals surface area contributed by atoms with Gasteiger partial charge in [0.15, 0.2) is 0 Å². The molecule has 2 rings (SSSR count). The smallest absolute Gasteiger partial charge is 0.0484 e. The summed E-state index contributed by atoms with van der Waals surface area (Å²) in [7, 11) is 4.35. The lowest BCUT2D eigenvalue weighted by molar-refractivity contribution is 0.123. The first-order valence-corrected chi connectivity index (χ1v) is 6.98. The van der Waals surface area contributed by atoms with E-state index in [1.165, 1.54) is 42.4 Å². The molecule has 1 aliphatic rings. The topological polar surface area (TPSA) is 29.3 Å². The predicted octanol–water partition coefficient (Wildman–Crippen LogP) is 3.18. The van der Waals surface area contributed by atoms with Crippen molar-refractivity contribution in [3.8, 4) is 0 Å². The molecule has 0 saturated heterocycles. The van der Waals surface area contributed by atoms with Crippen LogP contribution in [0.25, 0.3) is 0 Å². The Morgan fingerprint density at radius 3 is 2.33 bits per heavy atom. The maximum Gasteiger partial charge on any atom is 0.0484 e. The Morgan fingerprint density at radius 2 is 1.78 bits per heavy atom. The van der Waals surface area contributed by atoms with Crippen molar-refractivity contribution in [2.75, 3.05) is 14.1 Å². The van der Waals surface area contributed by atoms with Crippen molar-refractivity contribution in [3.05, 3.63) is 34.9 Å². The summed E-state index contributed by atoms with van der Waals surface area (Å²) in [5.74, 6) is 0. The van der Waals surface area contributed by atoms with E-state index < -0.39 is 0 Å². The molecule has 1 unspecified atom stereocenters. The van der Waals surface area contributed by atoms with Crippen LogP contribution in [0.15, 0.2) is 18.2 Å². The van der Waals surface area contributed by atoms with Gasteiger partial charge in [-0.1, -0.05) is 31.0 Å². The average molecular weight is 246 g/mol. The van der Waals surface area contributed by atoms with Crippen molar-refractivity contribution < 1.29 is 0 Å². The third-order valence-electron chi connectivity index (χ3n) is 4.92. The largest absolute Gasteiger partial charge is 0.322 e. The van der Waals surface area contributed by atoms with Crippen LogP contribution in [0, 0.1) is 13.8 Å². The van der Waals surface area contributed by atoms with E-state index in [4.69, 9.17) is 5.73 Å². The number of benzene rings is 1. The SMILES string of the molecule is Cc1cccc(C(N)C2(N(C)C)CCCC2)c1C. The molecule has 2 N–H and O–H groups in total. The van der Waals surface area contributed by atoms with Gasteiger partial charge in [-0.15, -0.1) is 0 Å². The van der Waals surface area contributed by atoms with Crippen LogP contribution in [-0.2, 0) is 0 Å². The zero-order valence-electron chi connectivity index (χ0n) is 12.2. The average Bonchev–Trinajstić information content (AvgIpc) is 2.82. The number of hydrogen-bond donors (Lipinski definition) is 1. The molecule has 1 aromatic rings. The van der Waals surface area contributed by atoms with Crippen LogP contribution < -0.4 is 5.73 Å². The third-order valence-corrected chi connectivity index (χ3v) is 4.92. The van der Waals surface area contributed by atoms with Gasteiger partial charge >= 0.3 is 0 Å². The molecule has 100 valence electrons. The Labute approximate surface area is 111 Å². The van der Waals surface area contributed by atoms with Crippen LogP contribution in [-0.4, -0.2) is 24.5 Å². The first kappa shape index (κ1) is 13.6. The number of aryl methyl sites for hydroxylation is 1. The quantitative estimate of drug-likeness (QED) is 0.887. The zero-order valence-corrected chi connectivity index (χ0v) is 12.2. The van der Waals surface area contributed by atoms with Gasteiger partial charge in [0, 0.05) is 11.6 Å². The predicted molar refractivity (Wildman–Crippen MR) is 77.7 cm³/mol. The van der Waals surface area contributed by atoms with Gasteiger partial charge in [-0.2, -0.15) is 0 Å². The maximum atomic E-state index is 6.66. The van der Waals surface area contributed by atoms with E-state index in [9.17, 15) is 0 Å². The van der Waals surface area contributed by atoms with Crippen molar-refractivity contribution in [1.29, 1.82) is 0 Å². The Morgan fingerprint density at radius 1 is 1.17 bits per heavy atom. The molecule has 1 atom stereocenters. The van der Waals surface area contributed by atoms with Gasteiger partial charge in [-0.05, 0) is 57.5 Å². The summed E-state index contributed by atoms with van der Waals surface area (Å²) in [6, 6.07) is 6.63. The lowest BCUT2D eigenvalue weighted by Gasteiger charge is -2.42. The summed E-state index contributed by atoms with van der Waals surface area (Å²) in [5.41, 5.74) is 10.8. The maximum absolute atomic E-state index is 6.66. The number of hydrogen-bond acceptors (Lipinski definition) is 2. The molecular weight excluding hydrogens is 220 g/mol. The summed E-state index contributed by atoms with van der Waals surface area (Å²) in [6.07, 6.45) is 5.04. The lowest BCUT2D eigenvalue weighted by Crippen LogP contribution is -2.50. The summed E-state index contributed by atoms with van der Waals surface area (Å²) in [4.78, 5) is 2.35. The molecular formula is C16H26N2. The third kappa shape index (κ3) is 2.08. The highest BCUT2D eigenvalue weighted by molar-refractivity contribution is 5.37. The first-order chi connectivity index (χ1) is 8.49. The highest BCUT2D eigenvalue weighted by Gasteiger charge is 2.42. The molecule has 0 aliphatic heterocycles. The minimum atomic E-state index is 0.120. The zero-order chi connectivity index (χ0) is 13.3. The van der Waals surface area contributed by atoms with Crippen molar-refractivity contribution in [2.45, 2.75) is 51.1 Å². The molecule has 2 heteroatoms. The highest BCUT2D eigenvalue weighted by atomic mass is 15.2. The molecule has 0 radical (unpaired) electrons. The molecule has 0 bridgehead atoms. The molecule has 1 saturated carbocycles. The second-order valence-electron chi connectivity index (χ2n) is 5.97. The van der Waals surface area contributed by atoms with E-state index >= 15 is 0 Å². The second-order valence-corrected chi connectivity index (χ2v) is 5.97. The summed E-state index contributed by atoms with van der Waals surface area (Å²) in [5, 5.41) is 0. The fourth-order valence-electron chi connectivity index (χ4n) is 3.42. The van der Waals surface area contributed by atoms with Gasteiger partial charge < -0.3 is 10.6 Å². The van der Waals surface area contributed by atoms with Gasteiger partial charge in [0.2, 0.25) is 0 Å². The van der Waals surface area contributed by atoms with E-state index in [1.54, 1.807) is 0 Å². The van der Waals surface area contributed by atoms with E-state index in [0.29, 0.717) is 0 Å². The van der Waals surface area contributed by atoms with Gasteiger partial charge in [-0.3, -0.25) is 0 Å². The monoisotopic (exact) mass is 246 g/mol. The van der Waals surface area contributed by atoms with E-state index in [-0.39, 0.29) is 11.6 Å². The minimum Gasteiger partial charge on any atom is -0.322 e. The summed E-state index contributed by atoms with van der Waals surface area (Å²) < 4.78 is 0.